The van der Waals surface area contributed by atoms with E-state index in [2.05, 4.69) is 16.0 Å². The minimum Gasteiger partial charge on any atom is -0.363 e. The molecule has 0 spiro atoms. The zero-order valence-electron chi connectivity index (χ0n) is 23.8. The highest BCUT2D eigenvalue weighted by atomic mass is 16.2. The molecule has 2 fully saturated rings. The highest BCUT2D eigenvalue weighted by molar-refractivity contribution is 6.37. The molecule has 1 aliphatic carbocycles. The third-order valence-corrected chi connectivity index (χ3v) is 7.41. The van der Waals surface area contributed by atoms with Crippen LogP contribution in [0.5, 0.6) is 0 Å². The molecule has 5 amide bonds. The lowest BCUT2D eigenvalue weighted by molar-refractivity contribution is -0.143. The van der Waals surface area contributed by atoms with Crippen molar-refractivity contribution in [3.63, 3.8) is 0 Å². The topological polar surface area (TPSA) is 151 Å². The van der Waals surface area contributed by atoms with Gasteiger partial charge in [-0.25, -0.2) is 4.79 Å². The van der Waals surface area contributed by atoms with Crippen molar-refractivity contribution in [2.24, 2.45) is 28.9 Å². The van der Waals surface area contributed by atoms with Crippen LogP contribution in [0.25, 0.3) is 0 Å². The standard InChI is InChI=1S/C27H47N5O5/c1-15(2)17-13-19(23(35)29-18(20(33)22(28)34)12-16-10-9-11-16)32(14-17)24(36)21(26(3,4)5)30-25(37)31-27(6,7)8/h15-19,21H,9-14H2,1-8H3,(H2,28,34)(H,29,35)(H2,30,31,37)/t17?,18-,19-,21+/m0/s1. The van der Waals surface area contributed by atoms with Crippen LogP contribution in [0.2, 0.25) is 0 Å². The SMILES string of the molecule is CC(C)C1C[C@@H](C(=O)N[C@@H](CC2CCC2)C(=O)C(N)=O)N(C(=O)[C@@H](NC(=O)NC(C)(C)C)C(C)(C)C)C1. The number of ketones is 1. The summed E-state index contributed by atoms with van der Waals surface area (Å²) in [6.45, 7) is 15.6. The normalized spacial score (nSPS) is 22.1. The van der Waals surface area contributed by atoms with Crippen molar-refractivity contribution in [1.29, 1.82) is 0 Å². The molecule has 2 aliphatic rings. The molecule has 0 aromatic heterocycles. The summed E-state index contributed by atoms with van der Waals surface area (Å²) in [4.78, 5) is 65.8. The van der Waals surface area contributed by atoms with Gasteiger partial charge in [-0.3, -0.25) is 19.2 Å². The molecule has 5 N–H and O–H groups in total. The minimum atomic E-state index is -1.08. The molecule has 0 radical (unpaired) electrons. The van der Waals surface area contributed by atoms with Crippen molar-refractivity contribution < 1.29 is 24.0 Å². The molecular formula is C27H47N5O5. The molecule has 1 saturated heterocycles. The average Bonchev–Trinajstić information content (AvgIpc) is 3.16. The number of carbonyl (C=O) groups is 5. The summed E-state index contributed by atoms with van der Waals surface area (Å²) in [5.74, 6) is -2.17. The zero-order chi connectivity index (χ0) is 28.3. The minimum absolute atomic E-state index is 0.0700. The third-order valence-electron chi connectivity index (χ3n) is 7.41. The van der Waals surface area contributed by atoms with E-state index in [1.807, 2.05) is 55.4 Å². The Hall–Kier alpha value is -2.65. The van der Waals surface area contributed by atoms with Gasteiger partial charge in [-0.15, -0.1) is 0 Å². The van der Waals surface area contributed by atoms with Gasteiger partial charge < -0.3 is 26.6 Å². The smallest absolute Gasteiger partial charge is 0.315 e. The maximum atomic E-state index is 13.9. The van der Waals surface area contributed by atoms with Crippen molar-refractivity contribution in [2.75, 3.05) is 6.54 Å². The summed E-state index contributed by atoms with van der Waals surface area (Å²) in [7, 11) is 0. The number of nitrogens with zero attached hydrogens (tertiary/aromatic N) is 1. The van der Waals surface area contributed by atoms with Crippen LogP contribution in [0, 0.1) is 23.2 Å². The summed E-state index contributed by atoms with van der Waals surface area (Å²) in [6.07, 6.45) is 3.73. The van der Waals surface area contributed by atoms with Crippen LogP contribution in [0.15, 0.2) is 0 Å². The quantitative estimate of drug-likeness (QED) is 0.343. The number of Topliss-reactive ketones (excluding diaryl/α,β-unsaturated/α-hetero) is 1. The van der Waals surface area contributed by atoms with Crippen molar-refractivity contribution in [3.05, 3.63) is 0 Å². The Labute approximate surface area is 221 Å². The molecule has 1 heterocycles. The second kappa shape index (κ2) is 11.8. The number of hydrogen-bond donors (Lipinski definition) is 4. The van der Waals surface area contributed by atoms with Crippen LogP contribution in [0.4, 0.5) is 4.79 Å². The van der Waals surface area contributed by atoms with Crippen molar-refractivity contribution in [2.45, 2.75) is 111 Å². The van der Waals surface area contributed by atoms with Crippen LogP contribution in [0.1, 0.15) is 87.5 Å². The van der Waals surface area contributed by atoms with Crippen LogP contribution < -0.4 is 21.7 Å². The Kier molecular flexibility index (Phi) is 9.76. The van der Waals surface area contributed by atoms with Gasteiger partial charge >= 0.3 is 6.03 Å². The number of likely N-dealkylation sites (tertiary alicyclic amines) is 1. The fraction of sp³-hybridized carbons (Fsp3) is 0.815. The fourth-order valence-electron chi connectivity index (χ4n) is 4.90. The summed E-state index contributed by atoms with van der Waals surface area (Å²) < 4.78 is 0. The van der Waals surface area contributed by atoms with Crippen molar-refractivity contribution >= 4 is 29.5 Å². The molecular weight excluding hydrogens is 474 g/mol. The molecule has 1 aliphatic heterocycles. The lowest BCUT2D eigenvalue weighted by Gasteiger charge is -2.36. The number of urea groups is 1. The Morgan fingerprint density at radius 2 is 1.57 bits per heavy atom. The van der Waals surface area contributed by atoms with Gasteiger partial charge in [0.15, 0.2) is 0 Å². The van der Waals surface area contributed by atoms with E-state index in [9.17, 15) is 24.0 Å². The van der Waals surface area contributed by atoms with E-state index in [1.165, 1.54) is 4.90 Å². The lowest BCUT2D eigenvalue weighted by atomic mass is 9.80. The van der Waals surface area contributed by atoms with E-state index in [1.54, 1.807) is 0 Å². The number of hydrogen-bond acceptors (Lipinski definition) is 5. The Balaban J connectivity index is 2.29. The molecule has 0 aromatic carbocycles. The second-order valence-corrected chi connectivity index (χ2v) is 13.2. The molecule has 210 valence electrons. The van der Waals surface area contributed by atoms with E-state index in [4.69, 9.17) is 5.73 Å². The third kappa shape index (κ3) is 8.43. The maximum absolute atomic E-state index is 13.9. The first-order chi connectivity index (χ1) is 16.9. The van der Waals surface area contributed by atoms with E-state index < -0.39 is 52.7 Å². The van der Waals surface area contributed by atoms with Crippen molar-refractivity contribution in [1.82, 2.24) is 20.9 Å². The number of primary amides is 1. The zero-order valence-corrected chi connectivity index (χ0v) is 23.8. The Morgan fingerprint density at radius 3 is 2.00 bits per heavy atom. The van der Waals surface area contributed by atoms with E-state index in [0.29, 0.717) is 19.4 Å². The molecule has 37 heavy (non-hydrogen) atoms. The Morgan fingerprint density at radius 1 is 0.973 bits per heavy atom. The van der Waals surface area contributed by atoms with Gasteiger partial charge in [-0.05, 0) is 56.8 Å². The molecule has 0 aromatic rings. The molecule has 2 rings (SSSR count). The lowest BCUT2D eigenvalue weighted by Crippen LogP contribution is -2.61. The highest BCUT2D eigenvalue weighted by Crippen LogP contribution is 2.33. The number of amides is 5. The first kappa shape index (κ1) is 30.6. The van der Waals surface area contributed by atoms with Crippen LogP contribution in [-0.2, 0) is 19.2 Å². The molecule has 10 nitrogen and oxygen atoms in total. The van der Waals surface area contributed by atoms with Crippen LogP contribution >= 0.6 is 0 Å². The number of nitrogens with two attached hydrogens (primary N) is 1. The van der Waals surface area contributed by atoms with E-state index >= 15 is 0 Å². The number of nitrogens with one attached hydrogen (secondary N) is 3. The summed E-state index contributed by atoms with van der Waals surface area (Å²) in [5.41, 5.74) is 4.15. The highest BCUT2D eigenvalue weighted by Gasteiger charge is 2.46. The molecule has 1 saturated carbocycles. The summed E-state index contributed by atoms with van der Waals surface area (Å²) in [5, 5.41) is 8.40. The predicted molar refractivity (Wildman–Crippen MR) is 141 cm³/mol. The van der Waals surface area contributed by atoms with Crippen LogP contribution in [-0.4, -0.2) is 64.6 Å². The van der Waals surface area contributed by atoms with Gasteiger partial charge in [0, 0.05) is 12.1 Å². The first-order valence-electron chi connectivity index (χ1n) is 13.4. The first-order valence-corrected chi connectivity index (χ1v) is 13.4. The predicted octanol–water partition coefficient (Wildman–Crippen LogP) is 2.10. The number of rotatable bonds is 9. The molecule has 10 heteroatoms. The van der Waals surface area contributed by atoms with Gasteiger partial charge in [-0.1, -0.05) is 53.9 Å². The number of carbonyl (C=O) groups excluding carboxylic acids is 5. The fourth-order valence-corrected chi connectivity index (χ4v) is 4.90. The Bertz CT molecular complexity index is 885. The largest absolute Gasteiger partial charge is 0.363 e. The van der Waals surface area contributed by atoms with Gasteiger partial charge in [0.2, 0.25) is 17.6 Å². The second-order valence-electron chi connectivity index (χ2n) is 13.2. The monoisotopic (exact) mass is 521 g/mol. The maximum Gasteiger partial charge on any atom is 0.315 e. The van der Waals surface area contributed by atoms with Gasteiger partial charge in [-0.2, -0.15) is 0 Å². The van der Waals surface area contributed by atoms with Gasteiger partial charge in [0.05, 0.1) is 6.04 Å². The van der Waals surface area contributed by atoms with Crippen LogP contribution in [0.3, 0.4) is 0 Å². The van der Waals surface area contributed by atoms with Gasteiger partial charge in [0.25, 0.3) is 5.91 Å². The summed E-state index contributed by atoms with van der Waals surface area (Å²) >= 11 is 0. The molecule has 1 unspecified atom stereocenters. The van der Waals surface area contributed by atoms with Crippen molar-refractivity contribution in [3.8, 4) is 0 Å². The molecule has 0 bridgehead atoms. The van der Waals surface area contributed by atoms with E-state index in [-0.39, 0.29) is 23.7 Å². The molecule has 4 atom stereocenters. The average molecular weight is 522 g/mol. The van der Waals surface area contributed by atoms with Gasteiger partial charge in [0.1, 0.15) is 12.1 Å². The summed E-state index contributed by atoms with van der Waals surface area (Å²) in [6, 6.07) is -3.16. The van der Waals surface area contributed by atoms with E-state index in [0.717, 1.165) is 19.3 Å².